The van der Waals surface area contributed by atoms with Crippen LogP contribution in [0.3, 0.4) is 0 Å². The highest BCUT2D eigenvalue weighted by Gasteiger charge is 2.49. The molecule has 1 unspecified atom stereocenters. The number of nitrogens with zero attached hydrogens (tertiary/aromatic N) is 1. The van der Waals surface area contributed by atoms with Gasteiger partial charge >= 0.3 is 0 Å². The van der Waals surface area contributed by atoms with Crippen molar-refractivity contribution >= 4 is 17.7 Å². The number of benzene rings is 1. The number of likely N-dealkylation sites (tertiary alicyclic amines) is 1. The zero-order chi connectivity index (χ0) is 16.2. The summed E-state index contributed by atoms with van der Waals surface area (Å²) in [4.78, 5) is 37.9. The van der Waals surface area contributed by atoms with Crippen LogP contribution in [0.25, 0.3) is 0 Å². The van der Waals surface area contributed by atoms with Crippen LogP contribution in [-0.4, -0.2) is 35.2 Å². The SMILES string of the molecule is CC(C)C1N(C(=O)c2ccc3c(c2)C(=O)NC3=O)CC1(C)C. The molecule has 1 fully saturated rings. The van der Waals surface area contributed by atoms with Crippen molar-refractivity contribution in [3.63, 3.8) is 0 Å². The minimum atomic E-state index is -0.431. The zero-order valence-corrected chi connectivity index (χ0v) is 13.3. The van der Waals surface area contributed by atoms with Crippen LogP contribution in [0.5, 0.6) is 0 Å². The first kappa shape index (κ1) is 14.8. The predicted molar refractivity (Wildman–Crippen MR) is 81.7 cm³/mol. The third-order valence-corrected chi connectivity index (χ3v) is 4.59. The maximum Gasteiger partial charge on any atom is 0.258 e. The van der Waals surface area contributed by atoms with Crippen LogP contribution in [0.2, 0.25) is 0 Å². The molecular weight excluding hydrogens is 280 g/mol. The molecule has 2 aliphatic rings. The first-order valence-electron chi connectivity index (χ1n) is 7.53. The molecule has 0 aliphatic carbocycles. The molecular formula is C17H20N2O3. The molecule has 3 amide bonds. The maximum atomic E-state index is 12.7. The van der Waals surface area contributed by atoms with Crippen LogP contribution in [0, 0.1) is 11.3 Å². The number of nitrogens with one attached hydrogen (secondary N) is 1. The van der Waals surface area contributed by atoms with Crippen LogP contribution >= 0.6 is 0 Å². The lowest BCUT2D eigenvalue weighted by Crippen LogP contribution is -2.65. The molecule has 2 heterocycles. The lowest BCUT2D eigenvalue weighted by molar-refractivity contribution is -0.0519. The fraction of sp³-hybridized carbons (Fsp3) is 0.471. The Morgan fingerprint density at radius 1 is 1.23 bits per heavy atom. The molecule has 0 spiro atoms. The second-order valence-corrected chi connectivity index (χ2v) is 7.15. The van der Waals surface area contributed by atoms with Crippen LogP contribution in [0.15, 0.2) is 18.2 Å². The minimum Gasteiger partial charge on any atom is -0.334 e. The highest BCUT2D eigenvalue weighted by atomic mass is 16.2. The van der Waals surface area contributed by atoms with Gasteiger partial charge in [0, 0.05) is 23.6 Å². The highest BCUT2D eigenvalue weighted by molar-refractivity contribution is 6.22. The summed E-state index contributed by atoms with van der Waals surface area (Å²) in [5, 5.41) is 2.24. The van der Waals surface area contributed by atoms with E-state index in [0.29, 0.717) is 23.6 Å². The Hall–Kier alpha value is -2.17. The van der Waals surface area contributed by atoms with Gasteiger partial charge < -0.3 is 4.90 Å². The molecule has 116 valence electrons. The van der Waals surface area contributed by atoms with Gasteiger partial charge in [-0.15, -0.1) is 0 Å². The number of carbonyl (C=O) groups excluding carboxylic acids is 3. The van der Waals surface area contributed by atoms with Gasteiger partial charge in [0.05, 0.1) is 11.1 Å². The highest BCUT2D eigenvalue weighted by Crippen LogP contribution is 2.42. The smallest absolute Gasteiger partial charge is 0.258 e. The van der Waals surface area contributed by atoms with Crippen molar-refractivity contribution in [3.8, 4) is 0 Å². The number of amides is 3. The van der Waals surface area contributed by atoms with Crippen molar-refractivity contribution in [2.45, 2.75) is 33.7 Å². The second-order valence-electron chi connectivity index (χ2n) is 7.15. The van der Waals surface area contributed by atoms with E-state index in [1.165, 1.54) is 6.07 Å². The van der Waals surface area contributed by atoms with E-state index in [9.17, 15) is 14.4 Å². The van der Waals surface area contributed by atoms with E-state index < -0.39 is 11.8 Å². The van der Waals surface area contributed by atoms with Gasteiger partial charge in [0.1, 0.15) is 0 Å². The van der Waals surface area contributed by atoms with E-state index in [0.717, 1.165) is 0 Å². The molecule has 2 aliphatic heterocycles. The molecule has 0 aromatic heterocycles. The number of imide groups is 1. The summed E-state index contributed by atoms with van der Waals surface area (Å²) in [7, 11) is 0. The van der Waals surface area contributed by atoms with Crippen LogP contribution in [0.1, 0.15) is 58.8 Å². The van der Waals surface area contributed by atoms with Gasteiger partial charge in [0.15, 0.2) is 0 Å². The van der Waals surface area contributed by atoms with E-state index in [1.807, 2.05) is 4.90 Å². The van der Waals surface area contributed by atoms with E-state index in [1.54, 1.807) is 12.1 Å². The molecule has 22 heavy (non-hydrogen) atoms. The molecule has 1 aromatic rings. The Bertz CT molecular complexity index is 691. The summed E-state index contributed by atoms with van der Waals surface area (Å²) in [5.74, 6) is -0.539. The Morgan fingerprint density at radius 2 is 1.86 bits per heavy atom. The van der Waals surface area contributed by atoms with E-state index in [-0.39, 0.29) is 22.9 Å². The largest absolute Gasteiger partial charge is 0.334 e. The summed E-state index contributed by atoms with van der Waals surface area (Å²) in [6.07, 6.45) is 0. The maximum absolute atomic E-state index is 12.7. The first-order chi connectivity index (χ1) is 10.2. The molecule has 3 rings (SSSR count). The van der Waals surface area contributed by atoms with Gasteiger partial charge in [-0.25, -0.2) is 0 Å². The van der Waals surface area contributed by atoms with E-state index in [4.69, 9.17) is 0 Å². The van der Waals surface area contributed by atoms with Crippen molar-refractivity contribution in [2.24, 2.45) is 11.3 Å². The number of carbonyl (C=O) groups is 3. The molecule has 0 bridgehead atoms. The van der Waals surface area contributed by atoms with E-state index >= 15 is 0 Å². The number of rotatable bonds is 2. The lowest BCUT2D eigenvalue weighted by atomic mass is 9.69. The summed E-state index contributed by atoms with van der Waals surface area (Å²) in [6.45, 7) is 9.25. The molecule has 5 nitrogen and oxygen atoms in total. The first-order valence-corrected chi connectivity index (χ1v) is 7.53. The fourth-order valence-corrected chi connectivity index (χ4v) is 3.87. The quantitative estimate of drug-likeness (QED) is 0.850. The Morgan fingerprint density at radius 3 is 2.45 bits per heavy atom. The molecule has 0 saturated carbocycles. The van der Waals surface area contributed by atoms with E-state index in [2.05, 4.69) is 33.0 Å². The summed E-state index contributed by atoms with van der Waals surface area (Å²) in [5.41, 5.74) is 1.20. The van der Waals surface area contributed by atoms with Crippen molar-refractivity contribution in [1.82, 2.24) is 10.2 Å². The van der Waals surface area contributed by atoms with Crippen LogP contribution in [-0.2, 0) is 0 Å². The van der Waals surface area contributed by atoms with Crippen molar-refractivity contribution in [1.29, 1.82) is 0 Å². The fourth-order valence-electron chi connectivity index (χ4n) is 3.87. The van der Waals surface area contributed by atoms with Crippen molar-refractivity contribution in [3.05, 3.63) is 34.9 Å². The van der Waals surface area contributed by atoms with Gasteiger partial charge in [-0.1, -0.05) is 27.7 Å². The van der Waals surface area contributed by atoms with Gasteiger partial charge in [0.25, 0.3) is 17.7 Å². The van der Waals surface area contributed by atoms with Crippen LogP contribution in [0.4, 0.5) is 0 Å². The average Bonchev–Trinajstić information content (AvgIpc) is 2.70. The number of fused-ring (bicyclic) bond motifs is 1. The Labute approximate surface area is 129 Å². The monoisotopic (exact) mass is 300 g/mol. The topological polar surface area (TPSA) is 66.5 Å². The molecule has 0 radical (unpaired) electrons. The third kappa shape index (κ3) is 2.03. The third-order valence-electron chi connectivity index (χ3n) is 4.59. The predicted octanol–water partition coefficient (Wildman–Crippen LogP) is 2.08. The molecule has 5 heteroatoms. The average molecular weight is 300 g/mol. The molecule has 1 atom stereocenters. The van der Waals surface area contributed by atoms with Crippen molar-refractivity contribution < 1.29 is 14.4 Å². The van der Waals surface area contributed by atoms with Crippen molar-refractivity contribution in [2.75, 3.05) is 6.54 Å². The van der Waals surface area contributed by atoms with Gasteiger partial charge in [-0.2, -0.15) is 0 Å². The number of hydrogen-bond donors (Lipinski definition) is 1. The Kier molecular flexibility index (Phi) is 3.13. The summed E-state index contributed by atoms with van der Waals surface area (Å²) < 4.78 is 0. The van der Waals surface area contributed by atoms with Gasteiger partial charge in [0.2, 0.25) is 0 Å². The Balaban J connectivity index is 1.90. The van der Waals surface area contributed by atoms with Gasteiger partial charge in [-0.3, -0.25) is 19.7 Å². The zero-order valence-electron chi connectivity index (χ0n) is 13.3. The minimum absolute atomic E-state index is 0.0760. The normalized spacial score (nSPS) is 22.4. The molecule has 1 aromatic carbocycles. The standard InChI is InChI=1S/C17H20N2O3/c1-9(2)13-17(3,4)8-19(13)16(22)10-5-6-11-12(7-10)15(21)18-14(11)20/h5-7,9,13H,8H2,1-4H3,(H,18,20,21). The summed E-state index contributed by atoms with van der Waals surface area (Å²) >= 11 is 0. The molecule has 1 N–H and O–H groups in total. The molecule has 1 saturated heterocycles. The second kappa shape index (κ2) is 4.66. The number of hydrogen-bond acceptors (Lipinski definition) is 3. The summed E-state index contributed by atoms with van der Waals surface area (Å²) in [6, 6.07) is 4.89. The lowest BCUT2D eigenvalue weighted by Gasteiger charge is -2.56. The van der Waals surface area contributed by atoms with Crippen LogP contribution < -0.4 is 5.32 Å². The van der Waals surface area contributed by atoms with Gasteiger partial charge in [-0.05, 0) is 24.1 Å².